The molecule has 0 saturated carbocycles. The Bertz CT molecular complexity index is 515. The van der Waals surface area contributed by atoms with Gasteiger partial charge in [-0.3, -0.25) is 4.79 Å². The van der Waals surface area contributed by atoms with Crippen molar-refractivity contribution in [1.29, 1.82) is 0 Å². The molecule has 0 spiro atoms. The molecule has 0 bridgehead atoms. The molecule has 0 aromatic heterocycles. The highest BCUT2D eigenvalue weighted by Gasteiger charge is 2.30. The van der Waals surface area contributed by atoms with Gasteiger partial charge in [-0.05, 0) is 43.5 Å². The average molecular weight is 277 g/mol. The van der Waals surface area contributed by atoms with E-state index in [1.165, 1.54) is 0 Å². The lowest BCUT2D eigenvalue weighted by molar-refractivity contribution is -0.121. The highest BCUT2D eigenvalue weighted by molar-refractivity contribution is 7.80. The van der Waals surface area contributed by atoms with Gasteiger partial charge in [-0.15, -0.1) is 0 Å². The molecule has 1 aliphatic rings. The number of anilines is 1. The first-order chi connectivity index (χ1) is 9.04. The van der Waals surface area contributed by atoms with Gasteiger partial charge in [-0.2, -0.15) is 0 Å². The lowest BCUT2D eigenvalue weighted by atomic mass is 10.1. The molecule has 19 heavy (non-hydrogen) atoms. The molecular weight excluding hydrogens is 258 g/mol. The van der Waals surface area contributed by atoms with Gasteiger partial charge in [0.1, 0.15) is 11.0 Å². The van der Waals surface area contributed by atoms with Crippen LogP contribution in [0.1, 0.15) is 24.0 Å². The topological polar surface area (TPSA) is 58.4 Å². The number of nitrogens with two attached hydrogens (primary N) is 1. The van der Waals surface area contributed by atoms with Crippen LogP contribution in [-0.4, -0.2) is 30.5 Å². The van der Waals surface area contributed by atoms with E-state index < -0.39 is 0 Å². The summed E-state index contributed by atoms with van der Waals surface area (Å²) < 4.78 is 0. The number of likely N-dealkylation sites (N-methyl/N-ethyl adjacent to an activating group) is 1. The number of hydrogen-bond acceptors (Lipinski definition) is 3. The highest BCUT2D eigenvalue weighted by Crippen LogP contribution is 2.27. The van der Waals surface area contributed by atoms with Gasteiger partial charge in [-0.1, -0.05) is 12.2 Å². The zero-order chi connectivity index (χ0) is 14.0. The van der Waals surface area contributed by atoms with E-state index in [1.807, 2.05) is 19.1 Å². The first-order valence-corrected chi connectivity index (χ1v) is 6.84. The number of nitrogens with one attached hydrogen (secondary N) is 1. The summed E-state index contributed by atoms with van der Waals surface area (Å²) in [6.45, 7) is 2.90. The summed E-state index contributed by atoms with van der Waals surface area (Å²) in [7, 11) is 1.68. The van der Waals surface area contributed by atoms with Crippen molar-refractivity contribution in [2.45, 2.75) is 25.8 Å². The predicted octanol–water partition coefficient (Wildman–Crippen LogP) is 1.34. The van der Waals surface area contributed by atoms with Crippen LogP contribution in [-0.2, 0) is 4.79 Å². The largest absolute Gasteiger partial charge is 0.389 e. The maximum atomic E-state index is 11.9. The van der Waals surface area contributed by atoms with Crippen LogP contribution in [0.25, 0.3) is 0 Å². The van der Waals surface area contributed by atoms with E-state index in [-0.39, 0.29) is 11.9 Å². The van der Waals surface area contributed by atoms with Crippen LogP contribution < -0.4 is 16.0 Å². The molecule has 1 atom stereocenters. The summed E-state index contributed by atoms with van der Waals surface area (Å²) in [5, 5.41) is 2.73. The van der Waals surface area contributed by atoms with Crippen molar-refractivity contribution in [2.24, 2.45) is 5.73 Å². The molecule has 1 aromatic rings. The molecule has 1 unspecified atom stereocenters. The molecule has 1 saturated heterocycles. The quantitative estimate of drug-likeness (QED) is 0.819. The fourth-order valence-corrected chi connectivity index (χ4v) is 2.85. The lowest BCUT2D eigenvalue weighted by Crippen LogP contribution is -2.42. The van der Waals surface area contributed by atoms with Crippen LogP contribution in [0.15, 0.2) is 18.2 Å². The van der Waals surface area contributed by atoms with Crippen molar-refractivity contribution >= 4 is 28.8 Å². The minimum absolute atomic E-state index is 0.0694. The summed E-state index contributed by atoms with van der Waals surface area (Å²) in [6.07, 6.45) is 1.93. The smallest absolute Gasteiger partial charge is 0.242 e. The fraction of sp³-hybridized carbons (Fsp3) is 0.429. The number of hydrogen-bond donors (Lipinski definition) is 2. The molecule has 4 nitrogen and oxygen atoms in total. The fourth-order valence-electron chi connectivity index (χ4n) is 2.62. The van der Waals surface area contributed by atoms with E-state index in [0.717, 1.165) is 36.2 Å². The van der Waals surface area contributed by atoms with Crippen molar-refractivity contribution in [2.75, 3.05) is 18.5 Å². The first kappa shape index (κ1) is 13.8. The van der Waals surface area contributed by atoms with Crippen molar-refractivity contribution in [1.82, 2.24) is 5.32 Å². The van der Waals surface area contributed by atoms with Crippen molar-refractivity contribution in [3.8, 4) is 0 Å². The summed E-state index contributed by atoms with van der Waals surface area (Å²) in [5.74, 6) is 0.0774. The van der Waals surface area contributed by atoms with Gasteiger partial charge < -0.3 is 16.0 Å². The van der Waals surface area contributed by atoms with Gasteiger partial charge >= 0.3 is 0 Å². The monoisotopic (exact) mass is 277 g/mol. The number of aryl methyl sites for hydroxylation is 1. The number of nitrogens with zero attached hydrogens (tertiary/aromatic N) is 1. The van der Waals surface area contributed by atoms with E-state index in [1.54, 1.807) is 7.05 Å². The Labute approximate surface area is 119 Å². The van der Waals surface area contributed by atoms with Gasteiger partial charge in [0, 0.05) is 24.8 Å². The zero-order valence-corrected chi connectivity index (χ0v) is 12.1. The molecule has 0 aliphatic carbocycles. The number of carbonyl (C=O) groups is 1. The van der Waals surface area contributed by atoms with E-state index in [2.05, 4.69) is 16.3 Å². The second kappa shape index (κ2) is 5.57. The van der Waals surface area contributed by atoms with Crippen LogP contribution in [0, 0.1) is 6.92 Å². The first-order valence-electron chi connectivity index (χ1n) is 6.43. The molecule has 1 heterocycles. The van der Waals surface area contributed by atoms with Crippen LogP contribution >= 0.6 is 12.2 Å². The number of amides is 1. The molecule has 2 rings (SSSR count). The summed E-state index contributed by atoms with van der Waals surface area (Å²) in [6, 6.07) is 5.91. The third-order valence-corrected chi connectivity index (χ3v) is 3.83. The standard InChI is InChI=1S/C14H19N3OS/c1-9-8-10(5-6-11(9)13(15)19)17-7-3-4-12(17)14(18)16-2/h5-6,8,12H,3-4,7H2,1-2H3,(H2,15,19)(H,16,18). The zero-order valence-electron chi connectivity index (χ0n) is 11.3. The third-order valence-electron chi connectivity index (χ3n) is 3.61. The summed E-state index contributed by atoms with van der Waals surface area (Å²) >= 11 is 5.01. The van der Waals surface area contributed by atoms with E-state index >= 15 is 0 Å². The van der Waals surface area contributed by atoms with Gasteiger partial charge in [0.2, 0.25) is 5.91 Å². The molecule has 1 aliphatic heterocycles. The Morgan fingerprint density at radius 2 is 2.26 bits per heavy atom. The van der Waals surface area contributed by atoms with Crippen molar-refractivity contribution < 1.29 is 4.79 Å². The third kappa shape index (κ3) is 2.71. The summed E-state index contributed by atoms with van der Waals surface area (Å²) in [5.41, 5.74) is 8.67. The number of benzene rings is 1. The van der Waals surface area contributed by atoms with Crippen LogP contribution in [0.5, 0.6) is 0 Å². The van der Waals surface area contributed by atoms with Gasteiger partial charge in [0.05, 0.1) is 0 Å². The minimum atomic E-state index is -0.0694. The van der Waals surface area contributed by atoms with Crippen LogP contribution in [0.3, 0.4) is 0 Å². The Kier molecular flexibility index (Phi) is 4.04. The Hall–Kier alpha value is -1.62. The lowest BCUT2D eigenvalue weighted by Gasteiger charge is -2.26. The van der Waals surface area contributed by atoms with E-state index in [0.29, 0.717) is 4.99 Å². The second-order valence-electron chi connectivity index (χ2n) is 4.83. The minimum Gasteiger partial charge on any atom is -0.389 e. The molecular formula is C14H19N3OS. The number of rotatable bonds is 3. The predicted molar refractivity (Wildman–Crippen MR) is 81.5 cm³/mol. The van der Waals surface area contributed by atoms with Crippen LogP contribution in [0.4, 0.5) is 5.69 Å². The number of carbonyl (C=O) groups excluding carboxylic acids is 1. The molecule has 1 amide bonds. The van der Waals surface area contributed by atoms with Gasteiger partial charge in [-0.25, -0.2) is 0 Å². The molecule has 1 fully saturated rings. The van der Waals surface area contributed by atoms with Crippen molar-refractivity contribution in [3.05, 3.63) is 29.3 Å². The second-order valence-corrected chi connectivity index (χ2v) is 5.27. The maximum absolute atomic E-state index is 11.9. The molecule has 5 heteroatoms. The Morgan fingerprint density at radius 3 is 2.84 bits per heavy atom. The van der Waals surface area contributed by atoms with Crippen LogP contribution in [0.2, 0.25) is 0 Å². The molecule has 3 N–H and O–H groups in total. The summed E-state index contributed by atoms with van der Waals surface area (Å²) in [4.78, 5) is 14.4. The number of thiocarbonyl (C=S) groups is 1. The van der Waals surface area contributed by atoms with E-state index in [4.69, 9.17) is 18.0 Å². The Morgan fingerprint density at radius 1 is 1.53 bits per heavy atom. The molecule has 0 radical (unpaired) electrons. The van der Waals surface area contributed by atoms with Crippen molar-refractivity contribution in [3.63, 3.8) is 0 Å². The maximum Gasteiger partial charge on any atom is 0.242 e. The Balaban J connectivity index is 2.29. The molecule has 102 valence electrons. The van der Waals surface area contributed by atoms with Gasteiger partial charge in [0.15, 0.2) is 0 Å². The van der Waals surface area contributed by atoms with E-state index in [9.17, 15) is 4.79 Å². The SMILES string of the molecule is CNC(=O)C1CCCN1c1ccc(C(N)=S)c(C)c1. The van der Waals surface area contributed by atoms with Gasteiger partial charge in [0.25, 0.3) is 0 Å². The highest BCUT2D eigenvalue weighted by atomic mass is 32.1. The average Bonchev–Trinajstić information content (AvgIpc) is 2.86. The normalized spacial score (nSPS) is 18.4. The molecule has 1 aromatic carbocycles.